The summed E-state index contributed by atoms with van der Waals surface area (Å²) in [7, 11) is 0. The molecule has 2 aliphatic rings. The zero-order valence-electron chi connectivity index (χ0n) is 12.4. The highest BCUT2D eigenvalue weighted by Crippen LogP contribution is 2.33. The number of fused-ring (bicyclic) bond motifs is 2. The summed E-state index contributed by atoms with van der Waals surface area (Å²) in [4.78, 5) is 4.57. The molecule has 104 valence electrons. The molecule has 1 aromatic carbocycles. The molecule has 0 saturated carbocycles. The zero-order chi connectivity index (χ0) is 14.2. The molecule has 21 heavy (non-hydrogen) atoms. The van der Waals surface area contributed by atoms with E-state index in [-0.39, 0.29) is 0 Å². The second-order valence-corrected chi connectivity index (χ2v) is 6.04. The Labute approximate surface area is 126 Å². The van der Waals surface area contributed by atoms with E-state index < -0.39 is 0 Å². The average Bonchev–Trinajstić information content (AvgIpc) is 2.76. The Morgan fingerprint density at radius 1 is 1.14 bits per heavy atom. The van der Waals surface area contributed by atoms with Gasteiger partial charge in [0.25, 0.3) is 0 Å². The number of nitrogens with zero attached hydrogens (tertiary/aromatic N) is 1. The monoisotopic (exact) mass is 273 g/mol. The molecule has 0 spiro atoms. The number of hydrogen-bond donors (Lipinski definition) is 0. The first-order chi connectivity index (χ1) is 10.3. The van der Waals surface area contributed by atoms with Crippen LogP contribution in [0.1, 0.15) is 46.4 Å². The van der Waals surface area contributed by atoms with E-state index in [1.807, 2.05) is 6.20 Å². The maximum atomic E-state index is 4.57. The molecule has 2 aromatic rings. The molecule has 0 fully saturated rings. The SMILES string of the molecule is Cc1cnc2c(c1)C(c1ccc3c(c1)CCCC=C3)=CC2. The van der Waals surface area contributed by atoms with Crippen LogP contribution in [-0.2, 0) is 12.8 Å². The molecule has 0 radical (unpaired) electrons. The quantitative estimate of drug-likeness (QED) is 0.732. The molecule has 0 bridgehead atoms. The molecular formula is C20H19N. The maximum absolute atomic E-state index is 4.57. The highest BCUT2D eigenvalue weighted by Gasteiger charge is 2.17. The topological polar surface area (TPSA) is 12.9 Å². The summed E-state index contributed by atoms with van der Waals surface area (Å²) >= 11 is 0. The number of pyridine rings is 1. The Morgan fingerprint density at radius 3 is 3.05 bits per heavy atom. The molecule has 0 atom stereocenters. The van der Waals surface area contributed by atoms with Gasteiger partial charge in [-0.25, -0.2) is 0 Å². The predicted octanol–water partition coefficient (Wildman–Crippen LogP) is 4.73. The molecule has 2 aliphatic carbocycles. The zero-order valence-corrected chi connectivity index (χ0v) is 12.4. The molecule has 4 rings (SSSR count). The van der Waals surface area contributed by atoms with Gasteiger partial charge >= 0.3 is 0 Å². The van der Waals surface area contributed by atoms with E-state index in [1.165, 1.54) is 58.3 Å². The van der Waals surface area contributed by atoms with E-state index in [0.29, 0.717) is 0 Å². The van der Waals surface area contributed by atoms with E-state index >= 15 is 0 Å². The molecule has 0 saturated heterocycles. The lowest BCUT2D eigenvalue weighted by molar-refractivity contribution is 0.851. The van der Waals surface area contributed by atoms with Gasteiger partial charge in [0, 0.05) is 18.2 Å². The van der Waals surface area contributed by atoms with Crippen LogP contribution in [0.25, 0.3) is 11.6 Å². The van der Waals surface area contributed by atoms with Crippen LogP contribution in [-0.4, -0.2) is 4.98 Å². The van der Waals surface area contributed by atoms with Gasteiger partial charge in [-0.15, -0.1) is 0 Å². The normalized spacial score (nSPS) is 16.1. The molecule has 1 nitrogen and oxygen atoms in total. The van der Waals surface area contributed by atoms with Gasteiger partial charge in [-0.1, -0.05) is 36.4 Å². The van der Waals surface area contributed by atoms with Crippen LogP contribution in [0.4, 0.5) is 0 Å². The second-order valence-electron chi connectivity index (χ2n) is 6.04. The van der Waals surface area contributed by atoms with Crippen LogP contribution in [0.5, 0.6) is 0 Å². The number of allylic oxidation sites excluding steroid dienone is 2. The third-order valence-corrected chi connectivity index (χ3v) is 4.46. The van der Waals surface area contributed by atoms with Crippen molar-refractivity contribution in [2.45, 2.75) is 32.6 Å². The number of benzene rings is 1. The van der Waals surface area contributed by atoms with Crippen molar-refractivity contribution >= 4 is 11.6 Å². The van der Waals surface area contributed by atoms with Crippen LogP contribution in [0.2, 0.25) is 0 Å². The van der Waals surface area contributed by atoms with Crippen LogP contribution in [0, 0.1) is 6.92 Å². The minimum Gasteiger partial charge on any atom is -0.260 e. The van der Waals surface area contributed by atoms with Crippen LogP contribution >= 0.6 is 0 Å². The van der Waals surface area contributed by atoms with Crippen molar-refractivity contribution in [3.63, 3.8) is 0 Å². The fourth-order valence-electron chi connectivity index (χ4n) is 3.35. The molecule has 1 aromatic heterocycles. The lowest BCUT2D eigenvalue weighted by Crippen LogP contribution is -1.94. The third kappa shape index (κ3) is 2.23. The van der Waals surface area contributed by atoms with Gasteiger partial charge in [0.2, 0.25) is 0 Å². The summed E-state index contributed by atoms with van der Waals surface area (Å²) in [5.41, 5.74) is 9.34. The van der Waals surface area contributed by atoms with Crippen molar-refractivity contribution in [2.24, 2.45) is 0 Å². The van der Waals surface area contributed by atoms with Crippen molar-refractivity contribution in [2.75, 3.05) is 0 Å². The molecule has 1 heteroatoms. The predicted molar refractivity (Wildman–Crippen MR) is 88.2 cm³/mol. The Morgan fingerprint density at radius 2 is 2.10 bits per heavy atom. The van der Waals surface area contributed by atoms with Gasteiger partial charge in [0.15, 0.2) is 0 Å². The van der Waals surface area contributed by atoms with Gasteiger partial charge in [0.05, 0.1) is 5.69 Å². The molecule has 0 unspecified atom stereocenters. The minimum atomic E-state index is 0.960. The highest BCUT2D eigenvalue weighted by molar-refractivity contribution is 5.84. The summed E-state index contributed by atoms with van der Waals surface area (Å²) in [6.45, 7) is 2.12. The first kappa shape index (κ1) is 12.6. The van der Waals surface area contributed by atoms with Crippen molar-refractivity contribution in [1.82, 2.24) is 4.98 Å². The van der Waals surface area contributed by atoms with E-state index in [9.17, 15) is 0 Å². The van der Waals surface area contributed by atoms with Crippen LogP contribution < -0.4 is 0 Å². The number of aryl methyl sites for hydroxylation is 2. The Balaban J connectivity index is 1.78. The smallest absolute Gasteiger partial charge is 0.0520 e. The lowest BCUT2D eigenvalue weighted by atomic mass is 9.95. The summed E-state index contributed by atoms with van der Waals surface area (Å²) in [6.07, 6.45) is 13.5. The molecule has 0 aliphatic heterocycles. The first-order valence-electron chi connectivity index (χ1n) is 7.77. The molecule has 0 N–H and O–H groups in total. The number of rotatable bonds is 1. The molecular weight excluding hydrogens is 254 g/mol. The Hall–Kier alpha value is -2.15. The lowest BCUT2D eigenvalue weighted by Gasteiger charge is -2.10. The van der Waals surface area contributed by atoms with Crippen molar-refractivity contribution in [1.29, 1.82) is 0 Å². The van der Waals surface area contributed by atoms with Gasteiger partial charge in [-0.3, -0.25) is 4.98 Å². The summed E-state index contributed by atoms with van der Waals surface area (Å²) in [6, 6.07) is 9.19. The van der Waals surface area contributed by atoms with Crippen molar-refractivity contribution < 1.29 is 0 Å². The van der Waals surface area contributed by atoms with Gasteiger partial charge in [-0.05, 0) is 60.1 Å². The number of aromatic nitrogens is 1. The van der Waals surface area contributed by atoms with Gasteiger partial charge in [0.1, 0.15) is 0 Å². The van der Waals surface area contributed by atoms with Crippen LogP contribution in [0.3, 0.4) is 0 Å². The van der Waals surface area contributed by atoms with Crippen molar-refractivity contribution in [3.8, 4) is 0 Å². The standard InChI is InChI=1S/C20H19N/c1-14-11-19-18(9-10-20(19)21-13-14)17-8-7-15-5-3-2-4-6-16(15)12-17/h3,5,7-9,11-13H,2,4,6,10H2,1H3. The summed E-state index contributed by atoms with van der Waals surface area (Å²) in [5.74, 6) is 0. The fourth-order valence-corrected chi connectivity index (χ4v) is 3.35. The summed E-state index contributed by atoms with van der Waals surface area (Å²) < 4.78 is 0. The Kier molecular flexibility index (Phi) is 2.99. The van der Waals surface area contributed by atoms with E-state index in [4.69, 9.17) is 0 Å². The van der Waals surface area contributed by atoms with Gasteiger partial charge < -0.3 is 0 Å². The van der Waals surface area contributed by atoms with Crippen LogP contribution in [0.15, 0.2) is 42.6 Å². The minimum absolute atomic E-state index is 0.960. The van der Waals surface area contributed by atoms with E-state index in [2.05, 4.69) is 54.4 Å². The van der Waals surface area contributed by atoms with Gasteiger partial charge in [-0.2, -0.15) is 0 Å². The maximum Gasteiger partial charge on any atom is 0.0520 e. The average molecular weight is 273 g/mol. The van der Waals surface area contributed by atoms with Crippen molar-refractivity contribution in [3.05, 3.63) is 76.1 Å². The molecule has 0 amide bonds. The van der Waals surface area contributed by atoms with E-state index in [1.54, 1.807) is 0 Å². The number of hydrogen-bond acceptors (Lipinski definition) is 1. The largest absolute Gasteiger partial charge is 0.260 e. The molecule has 1 heterocycles. The fraction of sp³-hybridized carbons (Fsp3) is 0.250. The summed E-state index contributed by atoms with van der Waals surface area (Å²) in [5, 5.41) is 0. The van der Waals surface area contributed by atoms with E-state index in [0.717, 1.165) is 6.42 Å². The third-order valence-electron chi connectivity index (χ3n) is 4.46. The first-order valence-corrected chi connectivity index (χ1v) is 7.77. The second kappa shape index (κ2) is 5.00. The Bertz CT molecular complexity index is 765. The highest BCUT2D eigenvalue weighted by atomic mass is 14.7.